The standard InChI is InChI=1S/C22H27N5O3/c1-22(2)19(27-18-20(23)24-12-25-21(18)30-22)15-5-3-13(4-6-15)14-7-9-16(10-8-14)26-17(29)11-28/h3-6,12,14,16,28H,7-11H2,1-2H3,(H,26,29)(H2,23,24,25). The molecule has 8 heteroatoms. The molecule has 4 rings (SSSR count). The van der Waals surface area contributed by atoms with Gasteiger partial charge < -0.3 is 20.9 Å². The van der Waals surface area contributed by atoms with Gasteiger partial charge in [-0.1, -0.05) is 24.3 Å². The van der Waals surface area contributed by atoms with Gasteiger partial charge in [0, 0.05) is 11.6 Å². The predicted molar refractivity (Wildman–Crippen MR) is 114 cm³/mol. The number of fused-ring (bicyclic) bond motifs is 1. The third-order valence-electron chi connectivity index (χ3n) is 5.85. The molecule has 0 bridgehead atoms. The number of nitrogens with two attached hydrogens (primary N) is 1. The van der Waals surface area contributed by atoms with Gasteiger partial charge in [-0.05, 0) is 51.0 Å². The van der Waals surface area contributed by atoms with Crippen LogP contribution in [0.2, 0.25) is 0 Å². The Morgan fingerprint density at radius 2 is 1.90 bits per heavy atom. The number of aliphatic imine (C=N–C) groups is 1. The van der Waals surface area contributed by atoms with E-state index in [1.807, 2.05) is 13.8 Å². The van der Waals surface area contributed by atoms with Gasteiger partial charge in [-0.3, -0.25) is 4.79 Å². The Hall–Kier alpha value is -3.00. The van der Waals surface area contributed by atoms with Crippen LogP contribution in [0.15, 0.2) is 35.6 Å². The zero-order valence-electron chi connectivity index (χ0n) is 17.3. The maximum absolute atomic E-state index is 11.4. The summed E-state index contributed by atoms with van der Waals surface area (Å²) < 4.78 is 6.05. The van der Waals surface area contributed by atoms with Gasteiger partial charge in [0.2, 0.25) is 11.8 Å². The first-order chi connectivity index (χ1) is 14.4. The van der Waals surface area contributed by atoms with E-state index in [-0.39, 0.29) is 11.9 Å². The molecule has 0 radical (unpaired) electrons. The summed E-state index contributed by atoms with van der Waals surface area (Å²) in [5, 5.41) is 11.8. The van der Waals surface area contributed by atoms with Crippen molar-refractivity contribution < 1.29 is 14.6 Å². The first-order valence-corrected chi connectivity index (χ1v) is 10.3. The van der Waals surface area contributed by atoms with Gasteiger partial charge in [-0.15, -0.1) is 0 Å². The molecule has 2 heterocycles. The van der Waals surface area contributed by atoms with Crippen molar-refractivity contribution in [1.29, 1.82) is 0 Å². The van der Waals surface area contributed by atoms with E-state index in [1.165, 1.54) is 11.9 Å². The highest BCUT2D eigenvalue weighted by molar-refractivity contribution is 6.09. The van der Waals surface area contributed by atoms with E-state index >= 15 is 0 Å². The van der Waals surface area contributed by atoms with Crippen LogP contribution in [0.25, 0.3) is 0 Å². The fourth-order valence-corrected chi connectivity index (χ4v) is 4.26. The van der Waals surface area contributed by atoms with Gasteiger partial charge >= 0.3 is 0 Å². The Labute approximate surface area is 175 Å². The van der Waals surface area contributed by atoms with Gasteiger partial charge in [0.1, 0.15) is 18.5 Å². The first kappa shape index (κ1) is 20.3. The summed E-state index contributed by atoms with van der Waals surface area (Å²) in [6, 6.07) is 8.59. The number of hydrogen-bond acceptors (Lipinski definition) is 7. The number of rotatable bonds is 4. The normalized spacial score (nSPS) is 22.4. The molecule has 2 aromatic rings. The minimum absolute atomic E-state index is 0.155. The van der Waals surface area contributed by atoms with Crippen molar-refractivity contribution in [3.8, 4) is 5.88 Å². The molecule has 1 saturated carbocycles. The lowest BCUT2D eigenvalue weighted by Crippen LogP contribution is -2.41. The quantitative estimate of drug-likeness (QED) is 0.713. The average molecular weight is 409 g/mol. The Bertz CT molecular complexity index is 963. The van der Waals surface area contributed by atoms with Crippen LogP contribution >= 0.6 is 0 Å². The fourth-order valence-electron chi connectivity index (χ4n) is 4.26. The molecule has 1 aromatic carbocycles. The van der Waals surface area contributed by atoms with Crippen LogP contribution in [0.5, 0.6) is 5.88 Å². The molecule has 4 N–H and O–H groups in total. The lowest BCUT2D eigenvalue weighted by molar-refractivity contribution is -0.124. The molecule has 1 aliphatic heterocycles. The number of aromatic nitrogens is 2. The van der Waals surface area contributed by atoms with Crippen LogP contribution in [0.4, 0.5) is 11.5 Å². The third-order valence-corrected chi connectivity index (χ3v) is 5.85. The number of nitrogen functional groups attached to an aromatic ring is 1. The van der Waals surface area contributed by atoms with Crippen molar-refractivity contribution in [3.63, 3.8) is 0 Å². The molecule has 30 heavy (non-hydrogen) atoms. The molecular formula is C22H27N5O3. The van der Waals surface area contributed by atoms with Crippen molar-refractivity contribution in [2.75, 3.05) is 12.3 Å². The molecule has 1 fully saturated rings. The Kier molecular flexibility index (Phi) is 5.42. The smallest absolute Gasteiger partial charge is 0.246 e. The van der Waals surface area contributed by atoms with E-state index in [9.17, 15) is 4.79 Å². The van der Waals surface area contributed by atoms with Crippen LogP contribution in [-0.2, 0) is 4.79 Å². The highest BCUT2D eigenvalue weighted by atomic mass is 16.5. The van der Waals surface area contributed by atoms with E-state index < -0.39 is 12.2 Å². The number of aliphatic hydroxyl groups excluding tert-OH is 1. The lowest BCUT2D eigenvalue weighted by atomic mass is 9.81. The van der Waals surface area contributed by atoms with Gasteiger partial charge in [-0.25, -0.2) is 9.98 Å². The molecule has 1 aliphatic carbocycles. The van der Waals surface area contributed by atoms with E-state index in [0.29, 0.717) is 23.3 Å². The number of carbonyl (C=O) groups is 1. The molecule has 1 amide bonds. The number of benzene rings is 1. The van der Waals surface area contributed by atoms with E-state index in [0.717, 1.165) is 37.0 Å². The molecular weight excluding hydrogens is 382 g/mol. The zero-order valence-corrected chi connectivity index (χ0v) is 17.3. The van der Waals surface area contributed by atoms with Crippen LogP contribution < -0.4 is 15.8 Å². The number of ether oxygens (including phenoxy) is 1. The monoisotopic (exact) mass is 409 g/mol. The van der Waals surface area contributed by atoms with Crippen molar-refractivity contribution in [2.24, 2.45) is 4.99 Å². The molecule has 0 saturated heterocycles. The highest BCUT2D eigenvalue weighted by Gasteiger charge is 2.35. The summed E-state index contributed by atoms with van der Waals surface area (Å²) in [5.74, 6) is 0.866. The van der Waals surface area contributed by atoms with Gasteiger partial charge in [0.25, 0.3) is 0 Å². The Morgan fingerprint density at radius 3 is 2.57 bits per heavy atom. The SMILES string of the molecule is CC1(C)Oc2ncnc(N)c2N=C1c1ccc(C2CCC(NC(=O)CO)CC2)cc1. The van der Waals surface area contributed by atoms with Crippen molar-refractivity contribution >= 4 is 23.1 Å². The summed E-state index contributed by atoms with van der Waals surface area (Å²) in [6.45, 7) is 3.47. The molecule has 1 aromatic heterocycles. The number of hydrogen-bond donors (Lipinski definition) is 3. The fraction of sp³-hybridized carbons (Fsp3) is 0.455. The van der Waals surface area contributed by atoms with Crippen LogP contribution in [0.1, 0.15) is 56.6 Å². The van der Waals surface area contributed by atoms with E-state index in [1.54, 1.807) is 0 Å². The second kappa shape index (κ2) is 8.02. The summed E-state index contributed by atoms with van der Waals surface area (Å²) in [7, 11) is 0. The minimum atomic E-state index is -0.641. The van der Waals surface area contributed by atoms with E-state index in [2.05, 4.69) is 39.6 Å². The first-order valence-electron chi connectivity index (χ1n) is 10.3. The minimum Gasteiger partial charge on any atom is -0.463 e. The Balaban J connectivity index is 1.50. The summed E-state index contributed by atoms with van der Waals surface area (Å²) in [4.78, 5) is 24.3. The van der Waals surface area contributed by atoms with Gasteiger partial charge in [-0.2, -0.15) is 4.98 Å². The Morgan fingerprint density at radius 1 is 1.20 bits per heavy atom. The maximum atomic E-state index is 11.4. The summed E-state index contributed by atoms with van der Waals surface area (Å²) in [6.07, 6.45) is 5.23. The molecule has 2 aliphatic rings. The molecule has 0 atom stereocenters. The number of nitrogens with one attached hydrogen (secondary N) is 1. The second-order valence-corrected chi connectivity index (χ2v) is 8.38. The predicted octanol–water partition coefficient (Wildman–Crippen LogP) is 2.49. The van der Waals surface area contributed by atoms with Gasteiger partial charge in [0.05, 0.1) is 5.71 Å². The second-order valence-electron chi connectivity index (χ2n) is 8.38. The average Bonchev–Trinajstić information content (AvgIpc) is 2.73. The third kappa shape index (κ3) is 4.00. The summed E-state index contributed by atoms with van der Waals surface area (Å²) in [5.41, 5.74) is 8.84. The summed E-state index contributed by atoms with van der Waals surface area (Å²) >= 11 is 0. The van der Waals surface area contributed by atoms with Crippen molar-refractivity contribution in [1.82, 2.24) is 15.3 Å². The van der Waals surface area contributed by atoms with E-state index in [4.69, 9.17) is 20.6 Å². The largest absolute Gasteiger partial charge is 0.463 e. The number of carbonyl (C=O) groups excluding carboxylic acids is 1. The number of aliphatic hydroxyl groups is 1. The maximum Gasteiger partial charge on any atom is 0.246 e. The lowest BCUT2D eigenvalue weighted by Gasteiger charge is -2.32. The molecule has 8 nitrogen and oxygen atoms in total. The van der Waals surface area contributed by atoms with Crippen LogP contribution in [-0.4, -0.2) is 44.9 Å². The zero-order chi connectivity index (χ0) is 21.3. The van der Waals surface area contributed by atoms with Crippen molar-refractivity contribution in [2.45, 2.75) is 57.1 Å². The van der Waals surface area contributed by atoms with Gasteiger partial charge in [0.15, 0.2) is 11.5 Å². The van der Waals surface area contributed by atoms with Crippen molar-refractivity contribution in [3.05, 3.63) is 41.7 Å². The number of amides is 1. The number of anilines is 1. The topological polar surface area (TPSA) is 123 Å². The number of nitrogens with zero attached hydrogens (tertiary/aromatic N) is 3. The molecule has 0 unspecified atom stereocenters. The van der Waals surface area contributed by atoms with Crippen LogP contribution in [0.3, 0.4) is 0 Å². The molecule has 158 valence electrons. The molecule has 0 spiro atoms. The highest BCUT2D eigenvalue weighted by Crippen LogP contribution is 2.39. The van der Waals surface area contributed by atoms with Crippen LogP contribution in [0, 0.1) is 0 Å².